The molecule has 0 fully saturated rings. The Kier molecular flexibility index (Phi) is 4.36. The van der Waals surface area contributed by atoms with E-state index in [0.29, 0.717) is 11.3 Å². The molecule has 126 valence electrons. The van der Waals surface area contributed by atoms with Crippen LogP contribution in [0.25, 0.3) is 0 Å². The van der Waals surface area contributed by atoms with Crippen molar-refractivity contribution in [3.63, 3.8) is 0 Å². The SMILES string of the molecule is Cc1ccc(C(=O)O)cc1NC(=O)C(C)(C)n1cc([N+](=O)[O-])cn1. The van der Waals surface area contributed by atoms with Crippen molar-refractivity contribution in [3.05, 3.63) is 51.8 Å². The van der Waals surface area contributed by atoms with Gasteiger partial charge < -0.3 is 10.4 Å². The highest BCUT2D eigenvalue weighted by molar-refractivity contribution is 5.98. The predicted molar refractivity (Wildman–Crippen MR) is 85.0 cm³/mol. The number of nitro groups is 1. The van der Waals surface area contributed by atoms with Crippen LogP contribution in [-0.4, -0.2) is 31.7 Å². The number of amides is 1. The average Bonchev–Trinajstić information content (AvgIpc) is 2.99. The number of hydrogen-bond acceptors (Lipinski definition) is 5. The normalized spacial score (nSPS) is 11.1. The topological polar surface area (TPSA) is 127 Å². The second-order valence-corrected chi connectivity index (χ2v) is 5.75. The maximum Gasteiger partial charge on any atom is 0.335 e. The van der Waals surface area contributed by atoms with Crippen LogP contribution in [0.15, 0.2) is 30.6 Å². The number of benzene rings is 1. The van der Waals surface area contributed by atoms with Gasteiger partial charge in [0.2, 0.25) is 0 Å². The largest absolute Gasteiger partial charge is 0.478 e. The van der Waals surface area contributed by atoms with Crippen LogP contribution in [0.4, 0.5) is 11.4 Å². The van der Waals surface area contributed by atoms with E-state index in [1.54, 1.807) is 26.8 Å². The van der Waals surface area contributed by atoms with Gasteiger partial charge >= 0.3 is 11.7 Å². The smallest absolute Gasteiger partial charge is 0.335 e. The minimum absolute atomic E-state index is 0.0448. The molecule has 1 aromatic heterocycles. The highest BCUT2D eigenvalue weighted by Gasteiger charge is 2.32. The number of aromatic nitrogens is 2. The summed E-state index contributed by atoms with van der Waals surface area (Å²) in [6.07, 6.45) is 2.23. The number of rotatable bonds is 5. The van der Waals surface area contributed by atoms with Gasteiger partial charge in [-0.1, -0.05) is 6.07 Å². The van der Waals surface area contributed by atoms with E-state index in [2.05, 4.69) is 10.4 Å². The van der Waals surface area contributed by atoms with Crippen molar-refractivity contribution in [1.29, 1.82) is 0 Å². The molecule has 1 aromatic carbocycles. The summed E-state index contributed by atoms with van der Waals surface area (Å²) in [5, 5.41) is 26.3. The van der Waals surface area contributed by atoms with Crippen LogP contribution < -0.4 is 5.32 Å². The van der Waals surface area contributed by atoms with Crippen LogP contribution in [0.2, 0.25) is 0 Å². The summed E-state index contributed by atoms with van der Waals surface area (Å²) >= 11 is 0. The summed E-state index contributed by atoms with van der Waals surface area (Å²) in [6.45, 7) is 4.83. The molecule has 0 bridgehead atoms. The molecule has 0 saturated carbocycles. The first-order valence-electron chi connectivity index (χ1n) is 6.98. The minimum atomic E-state index is -1.21. The second-order valence-electron chi connectivity index (χ2n) is 5.75. The molecule has 0 aliphatic heterocycles. The van der Waals surface area contributed by atoms with Crippen molar-refractivity contribution in [1.82, 2.24) is 9.78 Å². The third kappa shape index (κ3) is 3.24. The van der Waals surface area contributed by atoms with Crippen molar-refractivity contribution < 1.29 is 19.6 Å². The molecule has 2 aromatic rings. The Morgan fingerprint density at radius 3 is 2.58 bits per heavy atom. The molecule has 0 saturated heterocycles. The Bertz CT molecular complexity index is 825. The lowest BCUT2D eigenvalue weighted by Crippen LogP contribution is -2.40. The number of carboxylic acids is 1. The average molecular weight is 332 g/mol. The van der Waals surface area contributed by atoms with Gasteiger partial charge in [-0.05, 0) is 38.5 Å². The van der Waals surface area contributed by atoms with Gasteiger partial charge in [0.25, 0.3) is 5.91 Å². The molecule has 0 aliphatic rings. The van der Waals surface area contributed by atoms with E-state index in [1.807, 2.05) is 0 Å². The third-order valence-corrected chi connectivity index (χ3v) is 3.64. The lowest BCUT2D eigenvalue weighted by molar-refractivity contribution is -0.385. The molecule has 0 atom stereocenters. The first kappa shape index (κ1) is 17.1. The second kappa shape index (κ2) is 6.11. The summed E-state index contributed by atoms with van der Waals surface area (Å²) in [5.41, 5.74) is -0.339. The summed E-state index contributed by atoms with van der Waals surface area (Å²) in [6, 6.07) is 4.39. The van der Waals surface area contributed by atoms with E-state index < -0.39 is 22.3 Å². The van der Waals surface area contributed by atoms with Gasteiger partial charge in [-0.3, -0.25) is 19.6 Å². The Balaban J connectivity index is 2.29. The van der Waals surface area contributed by atoms with Crippen molar-refractivity contribution in [2.45, 2.75) is 26.3 Å². The molecule has 1 amide bonds. The summed E-state index contributed by atoms with van der Waals surface area (Å²) in [5.74, 6) is -1.58. The van der Waals surface area contributed by atoms with Gasteiger partial charge in [-0.15, -0.1) is 0 Å². The van der Waals surface area contributed by atoms with Gasteiger partial charge in [0.1, 0.15) is 17.9 Å². The van der Waals surface area contributed by atoms with E-state index in [1.165, 1.54) is 23.0 Å². The van der Waals surface area contributed by atoms with Crippen LogP contribution in [0.3, 0.4) is 0 Å². The summed E-state index contributed by atoms with van der Waals surface area (Å²) in [7, 11) is 0. The molecule has 0 spiro atoms. The molecule has 2 N–H and O–H groups in total. The number of anilines is 1. The molecule has 0 aliphatic carbocycles. The van der Waals surface area contributed by atoms with E-state index >= 15 is 0 Å². The van der Waals surface area contributed by atoms with Gasteiger partial charge in [0.15, 0.2) is 0 Å². The lowest BCUT2D eigenvalue weighted by Gasteiger charge is -2.24. The number of nitrogens with zero attached hydrogens (tertiary/aromatic N) is 3. The Morgan fingerprint density at radius 2 is 2.04 bits per heavy atom. The number of carbonyl (C=O) groups excluding carboxylic acids is 1. The van der Waals surface area contributed by atoms with E-state index in [-0.39, 0.29) is 11.3 Å². The van der Waals surface area contributed by atoms with Crippen LogP contribution in [0.5, 0.6) is 0 Å². The maximum atomic E-state index is 12.6. The van der Waals surface area contributed by atoms with Crippen molar-refractivity contribution in [3.8, 4) is 0 Å². The summed E-state index contributed by atoms with van der Waals surface area (Å²) in [4.78, 5) is 33.7. The minimum Gasteiger partial charge on any atom is -0.478 e. The summed E-state index contributed by atoms with van der Waals surface area (Å²) < 4.78 is 1.19. The lowest BCUT2D eigenvalue weighted by atomic mass is 10.0. The van der Waals surface area contributed by atoms with Gasteiger partial charge in [-0.2, -0.15) is 5.10 Å². The quantitative estimate of drug-likeness (QED) is 0.638. The predicted octanol–water partition coefficient (Wildman–Crippen LogP) is 2.17. The number of carbonyl (C=O) groups is 2. The van der Waals surface area contributed by atoms with Gasteiger partial charge in [-0.25, -0.2) is 4.79 Å². The molecule has 0 radical (unpaired) electrons. The third-order valence-electron chi connectivity index (χ3n) is 3.64. The first-order valence-corrected chi connectivity index (χ1v) is 6.98. The van der Waals surface area contributed by atoms with Gasteiger partial charge in [0, 0.05) is 5.69 Å². The molecular weight excluding hydrogens is 316 g/mol. The Hall–Kier alpha value is -3.23. The first-order chi connectivity index (χ1) is 11.1. The molecular formula is C15H16N4O5. The molecule has 9 nitrogen and oxygen atoms in total. The molecule has 24 heavy (non-hydrogen) atoms. The van der Waals surface area contributed by atoms with E-state index in [9.17, 15) is 19.7 Å². The molecule has 1 heterocycles. The Morgan fingerprint density at radius 1 is 1.38 bits per heavy atom. The molecule has 2 rings (SSSR count). The number of nitrogens with one attached hydrogen (secondary N) is 1. The number of carboxylic acid groups (broad SMARTS) is 1. The van der Waals surface area contributed by atoms with Crippen LogP contribution in [0.1, 0.15) is 29.8 Å². The zero-order valence-electron chi connectivity index (χ0n) is 13.3. The van der Waals surface area contributed by atoms with Crippen LogP contribution >= 0.6 is 0 Å². The molecule has 9 heteroatoms. The zero-order chi connectivity index (χ0) is 18.1. The maximum absolute atomic E-state index is 12.6. The number of aromatic carboxylic acids is 1. The monoisotopic (exact) mass is 332 g/mol. The highest BCUT2D eigenvalue weighted by Crippen LogP contribution is 2.23. The number of aryl methyl sites for hydroxylation is 1. The number of hydrogen-bond donors (Lipinski definition) is 2. The van der Waals surface area contributed by atoms with Crippen LogP contribution in [0, 0.1) is 17.0 Å². The molecule has 0 unspecified atom stereocenters. The fraction of sp³-hybridized carbons (Fsp3) is 0.267. The van der Waals surface area contributed by atoms with Crippen molar-refractivity contribution in [2.24, 2.45) is 0 Å². The van der Waals surface area contributed by atoms with Gasteiger partial charge in [0.05, 0.1) is 10.5 Å². The fourth-order valence-electron chi connectivity index (χ4n) is 1.98. The fourth-order valence-corrected chi connectivity index (χ4v) is 1.98. The standard InChI is InChI=1S/C15H16N4O5/c1-9-4-5-10(13(20)21)6-12(9)17-14(22)15(2,3)18-8-11(7-16-18)19(23)24/h4-8H,1-3H3,(H,17,22)(H,20,21). The van der Waals surface area contributed by atoms with Crippen LogP contribution in [-0.2, 0) is 10.3 Å². The van der Waals surface area contributed by atoms with E-state index in [0.717, 1.165) is 6.20 Å². The zero-order valence-corrected chi connectivity index (χ0v) is 13.3. The Labute approximate surface area is 137 Å². The van der Waals surface area contributed by atoms with Crippen molar-refractivity contribution >= 4 is 23.3 Å². The van der Waals surface area contributed by atoms with E-state index in [4.69, 9.17) is 5.11 Å². The highest BCUT2D eigenvalue weighted by atomic mass is 16.6. The van der Waals surface area contributed by atoms with Crippen molar-refractivity contribution in [2.75, 3.05) is 5.32 Å².